The molecule has 108 valence electrons. The second kappa shape index (κ2) is 6.02. The number of thioether (sulfide) groups is 1. The molecule has 0 fully saturated rings. The van der Waals surface area contributed by atoms with E-state index in [0.29, 0.717) is 9.63 Å². The van der Waals surface area contributed by atoms with E-state index in [1.165, 1.54) is 24.9 Å². The van der Waals surface area contributed by atoms with Gasteiger partial charge in [0.05, 0.1) is 7.11 Å². The Morgan fingerprint density at radius 3 is 2.80 bits per heavy atom. The minimum atomic E-state index is -3.82. The number of H-pyrrole nitrogens is 1. The lowest BCUT2D eigenvalue weighted by atomic mass is 10.3. The molecule has 0 amide bonds. The molecule has 0 saturated carbocycles. The van der Waals surface area contributed by atoms with E-state index in [4.69, 9.17) is 4.74 Å². The van der Waals surface area contributed by atoms with Crippen molar-refractivity contribution in [3.8, 4) is 5.75 Å². The maximum Gasteiger partial charge on any atom is 0.267 e. The van der Waals surface area contributed by atoms with Gasteiger partial charge in [-0.3, -0.25) is 0 Å². The lowest BCUT2D eigenvalue weighted by Gasteiger charge is -2.10. The van der Waals surface area contributed by atoms with Crippen LogP contribution >= 0.6 is 27.7 Å². The van der Waals surface area contributed by atoms with Gasteiger partial charge in [-0.2, -0.15) is 4.98 Å². The summed E-state index contributed by atoms with van der Waals surface area (Å²) in [4.78, 5) is 3.98. The highest BCUT2D eigenvalue weighted by atomic mass is 79.9. The highest BCUT2D eigenvalue weighted by Crippen LogP contribution is 2.28. The molecule has 0 aliphatic heterocycles. The largest absolute Gasteiger partial charge is 0.495 e. The van der Waals surface area contributed by atoms with Crippen LogP contribution in [0.25, 0.3) is 0 Å². The maximum absolute atomic E-state index is 12.3. The zero-order chi connectivity index (χ0) is 14.8. The molecule has 0 aliphatic rings. The number of benzene rings is 1. The average Bonchev–Trinajstić information content (AvgIpc) is 2.85. The topological polar surface area (TPSA) is 97.0 Å². The van der Waals surface area contributed by atoms with Crippen molar-refractivity contribution in [2.75, 3.05) is 18.1 Å². The molecular weight excluding hydrogens is 368 g/mol. The van der Waals surface area contributed by atoms with Gasteiger partial charge in [-0.25, -0.2) is 18.2 Å². The van der Waals surface area contributed by atoms with Gasteiger partial charge in [0.15, 0.2) is 0 Å². The SMILES string of the molecule is COc1ccc(Br)cc1S(=O)(=O)Nc1nc(SC)n[nH]1. The van der Waals surface area contributed by atoms with E-state index in [9.17, 15) is 8.42 Å². The molecular formula is C10H11BrN4O3S2. The van der Waals surface area contributed by atoms with Crippen LogP contribution in [0.3, 0.4) is 0 Å². The summed E-state index contributed by atoms with van der Waals surface area (Å²) in [5, 5.41) is 6.79. The number of hydrogen-bond acceptors (Lipinski definition) is 6. The van der Waals surface area contributed by atoms with Gasteiger partial charge < -0.3 is 4.74 Å². The van der Waals surface area contributed by atoms with E-state index >= 15 is 0 Å². The minimum absolute atomic E-state index is 0.0106. The predicted octanol–water partition coefficient (Wildman–Crippen LogP) is 2.10. The third-order valence-corrected chi connectivity index (χ3v) is 4.69. The molecule has 0 radical (unpaired) electrons. The predicted molar refractivity (Wildman–Crippen MR) is 79.7 cm³/mol. The van der Waals surface area contributed by atoms with Gasteiger partial charge in [-0.1, -0.05) is 27.7 Å². The number of ether oxygens (including phenoxy) is 1. The molecule has 1 aromatic carbocycles. The van der Waals surface area contributed by atoms with Crippen LogP contribution in [0.5, 0.6) is 5.75 Å². The standard InChI is InChI=1S/C10H11BrN4O3S2/c1-18-7-4-3-6(11)5-8(7)20(16,17)15-9-12-10(19-2)14-13-9/h3-5H,1-2H3,(H2,12,13,14,15). The average molecular weight is 379 g/mol. The highest BCUT2D eigenvalue weighted by molar-refractivity contribution is 9.10. The van der Waals surface area contributed by atoms with E-state index in [1.807, 2.05) is 0 Å². The van der Waals surface area contributed by atoms with Crippen LogP contribution in [0.2, 0.25) is 0 Å². The van der Waals surface area contributed by atoms with Gasteiger partial charge in [0, 0.05) is 4.47 Å². The van der Waals surface area contributed by atoms with E-state index < -0.39 is 10.0 Å². The van der Waals surface area contributed by atoms with Crippen molar-refractivity contribution in [3.63, 3.8) is 0 Å². The first-order valence-corrected chi connectivity index (χ1v) is 8.79. The van der Waals surface area contributed by atoms with E-state index in [1.54, 1.807) is 18.4 Å². The highest BCUT2D eigenvalue weighted by Gasteiger charge is 2.21. The summed E-state index contributed by atoms with van der Waals surface area (Å²) in [5.41, 5.74) is 0. The summed E-state index contributed by atoms with van der Waals surface area (Å²) in [6.07, 6.45) is 1.79. The zero-order valence-corrected chi connectivity index (χ0v) is 13.8. The number of aromatic nitrogens is 3. The fourth-order valence-electron chi connectivity index (χ4n) is 1.43. The van der Waals surface area contributed by atoms with Crippen LogP contribution in [0, 0.1) is 0 Å². The number of rotatable bonds is 5. The van der Waals surface area contributed by atoms with Gasteiger partial charge in [0.25, 0.3) is 10.0 Å². The second-order valence-corrected chi connectivity index (χ2v) is 6.91. The Morgan fingerprint density at radius 1 is 1.45 bits per heavy atom. The molecule has 20 heavy (non-hydrogen) atoms. The van der Waals surface area contributed by atoms with Crippen molar-refractivity contribution < 1.29 is 13.2 Å². The summed E-state index contributed by atoms with van der Waals surface area (Å²) < 4.78 is 32.7. The number of aromatic amines is 1. The van der Waals surface area contributed by atoms with Gasteiger partial charge in [0.1, 0.15) is 10.6 Å². The fraction of sp³-hybridized carbons (Fsp3) is 0.200. The van der Waals surface area contributed by atoms with Gasteiger partial charge in [0.2, 0.25) is 11.1 Å². The number of halogens is 1. The van der Waals surface area contributed by atoms with Crippen LogP contribution in [-0.4, -0.2) is 37.0 Å². The number of hydrogen-bond donors (Lipinski definition) is 2. The van der Waals surface area contributed by atoms with Gasteiger partial charge >= 0.3 is 0 Å². The number of anilines is 1. The Bertz CT molecular complexity index is 717. The molecule has 0 spiro atoms. The molecule has 0 atom stereocenters. The summed E-state index contributed by atoms with van der Waals surface area (Å²) in [7, 11) is -2.42. The first-order valence-electron chi connectivity index (χ1n) is 5.29. The molecule has 2 N–H and O–H groups in total. The zero-order valence-electron chi connectivity index (χ0n) is 10.5. The third kappa shape index (κ3) is 3.25. The molecule has 1 aromatic heterocycles. The Hall–Kier alpha value is -1.26. The molecule has 2 rings (SSSR count). The first kappa shape index (κ1) is 15.1. The molecule has 10 heteroatoms. The molecule has 0 bridgehead atoms. The quantitative estimate of drug-likeness (QED) is 0.773. The molecule has 0 aliphatic carbocycles. The minimum Gasteiger partial charge on any atom is -0.495 e. The van der Waals surface area contributed by atoms with Gasteiger partial charge in [-0.15, -0.1) is 5.10 Å². The Morgan fingerprint density at radius 2 is 2.20 bits per heavy atom. The van der Waals surface area contributed by atoms with Crippen LogP contribution in [0.1, 0.15) is 0 Å². The summed E-state index contributed by atoms with van der Waals surface area (Å²) >= 11 is 4.53. The third-order valence-electron chi connectivity index (χ3n) is 2.29. The van der Waals surface area contributed by atoms with Crippen molar-refractivity contribution >= 4 is 43.7 Å². The lowest BCUT2D eigenvalue weighted by Crippen LogP contribution is -2.15. The Labute approximate surface area is 128 Å². The second-order valence-electron chi connectivity index (χ2n) is 3.57. The van der Waals surface area contributed by atoms with Crippen molar-refractivity contribution in [3.05, 3.63) is 22.7 Å². The van der Waals surface area contributed by atoms with E-state index in [2.05, 4.69) is 35.8 Å². The van der Waals surface area contributed by atoms with Crippen LogP contribution in [0.4, 0.5) is 5.95 Å². The first-order chi connectivity index (χ1) is 9.46. The number of nitrogens with zero attached hydrogens (tertiary/aromatic N) is 2. The van der Waals surface area contributed by atoms with Crippen molar-refractivity contribution in [1.82, 2.24) is 15.2 Å². The van der Waals surface area contributed by atoms with E-state index in [-0.39, 0.29) is 16.6 Å². The lowest BCUT2D eigenvalue weighted by molar-refractivity contribution is 0.403. The number of methoxy groups -OCH3 is 1. The number of nitrogens with one attached hydrogen (secondary N) is 2. The molecule has 7 nitrogen and oxygen atoms in total. The monoisotopic (exact) mass is 378 g/mol. The summed E-state index contributed by atoms with van der Waals surface area (Å²) in [5.74, 6) is 0.293. The molecule has 0 unspecified atom stereocenters. The van der Waals surface area contributed by atoms with Crippen molar-refractivity contribution in [2.45, 2.75) is 10.1 Å². The Balaban J connectivity index is 2.37. The van der Waals surface area contributed by atoms with Crippen LogP contribution in [0.15, 0.2) is 32.7 Å². The van der Waals surface area contributed by atoms with Crippen LogP contribution < -0.4 is 9.46 Å². The molecule has 2 aromatic rings. The van der Waals surface area contributed by atoms with Crippen molar-refractivity contribution in [1.29, 1.82) is 0 Å². The maximum atomic E-state index is 12.3. The summed E-state index contributed by atoms with van der Waals surface area (Å²) in [6, 6.07) is 4.71. The Kier molecular flexibility index (Phi) is 4.55. The summed E-state index contributed by atoms with van der Waals surface area (Å²) in [6.45, 7) is 0. The van der Waals surface area contributed by atoms with Crippen molar-refractivity contribution in [2.24, 2.45) is 0 Å². The normalized spacial score (nSPS) is 11.3. The smallest absolute Gasteiger partial charge is 0.267 e. The van der Waals surface area contributed by atoms with Gasteiger partial charge in [-0.05, 0) is 24.5 Å². The molecule has 1 heterocycles. The van der Waals surface area contributed by atoms with Crippen LogP contribution in [-0.2, 0) is 10.0 Å². The van der Waals surface area contributed by atoms with E-state index in [0.717, 1.165) is 0 Å². The molecule has 0 saturated heterocycles. The fourth-order valence-corrected chi connectivity index (χ4v) is 3.41. The number of sulfonamides is 1.